The Morgan fingerprint density at radius 1 is 1.11 bits per heavy atom. The molecule has 0 N–H and O–H groups in total. The SMILES string of the molecule is CN(C)CCCN(C)C(=O)CS[C@@H]1CCCC[C@H]1Sc1cc(Cl)ccc1Cl. The Morgan fingerprint density at radius 2 is 1.81 bits per heavy atom. The Kier molecular flexibility index (Phi) is 10.2. The maximum atomic E-state index is 12.5. The molecule has 2 rings (SSSR count). The first-order chi connectivity index (χ1) is 12.9. The van der Waals surface area contributed by atoms with Crippen molar-refractivity contribution in [3.05, 3.63) is 28.2 Å². The molecule has 3 nitrogen and oxygen atoms in total. The van der Waals surface area contributed by atoms with Crippen molar-refractivity contribution in [2.45, 2.75) is 47.5 Å². The quantitative estimate of drug-likeness (QED) is 0.494. The number of nitrogens with zero attached hydrogens (tertiary/aromatic N) is 2. The smallest absolute Gasteiger partial charge is 0.232 e. The van der Waals surface area contributed by atoms with Crippen LogP contribution in [0, 0.1) is 0 Å². The molecule has 1 aromatic carbocycles. The van der Waals surface area contributed by atoms with E-state index in [1.165, 1.54) is 12.8 Å². The van der Waals surface area contributed by atoms with Gasteiger partial charge in [-0.05, 0) is 58.1 Å². The Bertz CT molecular complexity index is 616. The zero-order valence-corrected chi connectivity index (χ0v) is 19.6. The lowest BCUT2D eigenvalue weighted by Crippen LogP contribution is -2.33. The van der Waals surface area contributed by atoms with Gasteiger partial charge in [-0.15, -0.1) is 23.5 Å². The van der Waals surface area contributed by atoms with Gasteiger partial charge in [0.15, 0.2) is 0 Å². The highest BCUT2D eigenvalue weighted by Crippen LogP contribution is 2.42. The summed E-state index contributed by atoms with van der Waals surface area (Å²) in [6, 6.07) is 5.64. The molecule has 2 atom stereocenters. The molecule has 27 heavy (non-hydrogen) atoms. The van der Waals surface area contributed by atoms with Crippen molar-refractivity contribution in [2.24, 2.45) is 0 Å². The van der Waals surface area contributed by atoms with Crippen LogP contribution in [0.4, 0.5) is 0 Å². The summed E-state index contributed by atoms with van der Waals surface area (Å²) >= 11 is 16.1. The molecule has 1 fully saturated rings. The highest BCUT2D eigenvalue weighted by atomic mass is 35.5. The second kappa shape index (κ2) is 11.8. The van der Waals surface area contributed by atoms with E-state index >= 15 is 0 Å². The van der Waals surface area contributed by atoms with E-state index < -0.39 is 0 Å². The predicted octanol–water partition coefficient (Wildman–Crippen LogP) is 5.54. The van der Waals surface area contributed by atoms with Crippen LogP contribution in [0.3, 0.4) is 0 Å². The molecule has 0 radical (unpaired) electrons. The molecule has 0 heterocycles. The summed E-state index contributed by atoms with van der Waals surface area (Å²) in [7, 11) is 6.03. The van der Waals surface area contributed by atoms with E-state index in [-0.39, 0.29) is 5.91 Å². The molecule has 0 spiro atoms. The Balaban J connectivity index is 1.86. The van der Waals surface area contributed by atoms with Gasteiger partial charge in [0.1, 0.15) is 0 Å². The van der Waals surface area contributed by atoms with E-state index in [9.17, 15) is 4.79 Å². The molecular weight excluding hydrogens is 419 g/mol. The van der Waals surface area contributed by atoms with E-state index in [0.717, 1.165) is 47.3 Å². The maximum Gasteiger partial charge on any atom is 0.232 e. The number of hydrogen-bond donors (Lipinski definition) is 0. The zero-order chi connectivity index (χ0) is 19.8. The monoisotopic (exact) mass is 448 g/mol. The van der Waals surface area contributed by atoms with E-state index in [0.29, 0.717) is 16.3 Å². The first-order valence-electron chi connectivity index (χ1n) is 9.49. The van der Waals surface area contributed by atoms with Crippen molar-refractivity contribution in [2.75, 3.05) is 40.0 Å². The van der Waals surface area contributed by atoms with Crippen LogP contribution < -0.4 is 0 Å². The number of rotatable bonds is 9. The summed E-state index contributed by atoms with van der Waals surface area (Å²) in [6.45, 7) is 1.82. The summed E-state index contributed by atoms with van der Waals surface area (Å²) in [5, 5.41) is 2.44. The number of amides is 1. The van der Waals surface area contributed by atoms with Gasteiger partial charge >= 0.3 is 0 Å². The van der Waals surface area contributed by atoms with Crippen LogP contribution in [0.1, 0.15) is 32.1 Å². The van der Waals surface area contributed by atoms with Crippen molar-refractivity contribution in [1.29, 1.82) is 0 Å². The van der Waals surface area contributed by atoms with Crippen LogP contribution in [0.25, 0.3) is 0 Å². The fourth-order valence-electron chi connectivity index (χ4n) is 3.16. The lowest BCUT2D eigenvalue weighted by atomic mass is 10.00. The molecule has 0 aliphatic heterocycles. The minimum absolute atomic E-state index is 0.230. The molecule has 7 heteroatoms. The molecule has 152 valence electrons. The molecular formula is C20H30Cl2N2OS2. The average Bonchev–Trinajstić information content (AvgIpc) is 2.63. The van der Waals surface area contributed by atoms with Crippen LogP contribution in [0.5, 0.6) is 0 Å². The van der Waals surface area contributed by atoms with Gasteiger partial charge in [0.25, 0.3) is 0 Å². The molecule has 0 bridgehead atoms. The third-order valence-corrected chi connectivity index (χ3v) is 8.47. The third kappa shape index (κ3) is 8.06. The number of thioether (sulfide) groups is 2. The minimum atomic E-state index is 0.230. The third-order valence-electron chi connectivity index (χ3n) is 4.76. The number of carbonyl (C=O) groups excluding carboxylic acids is 1. The van der Waals surface area contributed by atoms with E-state index in [2.05, 4.69) is 19.0 Å². The van der Waals surface area contributed by atoms with Gasteiger partial charge in [0.2, 0.25) is 5.91 Å². The Labute approximate surface area is 182 Å². The Morgan fingerprint density at radius 3 is 2.52 bits per heavy atom. The van der Waals surface area contributed by atoms with Crippen LogP contribution in [-0.4, -0.2) is 66.2 Å². The van der Waals surface area contributed by atoms with E-state index in [1.54, 1.807) is 0 Å². The zero-order valence-electron chi connectivity index (χ0n) is 16.4. The highest BCUT2D eigenvalue weighted by Gasteiger charge is 2.28. The number of benzene rings is 1. The molecule has 1 aromatic rings. The second-order valence-electron chi connectivity index (χ2n) is 7.34. The van der Waals surface area contributed by atoms with Crippen LogP contribution in [0.15, 0.2) is 23.1 Å². The largest absolute Gasteiger partial charge is 0.345 e. The molecule has 0 aromatic heterocycles. The minimum Gasteiger partial charge on any atom is -0.345 e. The van der Waals surface area contributed by atoms with Gasteiger partial charge in [-0.2, -0.15) is 0 Å². The van der Waals surface area contributed by atoms with Crippen molar-refractivity contribution >= 4 is 52.6 Å². The fraction of sp³-hybridized carbons (Fsp3) is 0.650. The van der Waals surface area contributed by atoms with Gasteiger partial charge in [0.05, 0.1) is 10.8 Å². The summed E-state index contributed by atoms with van der Waals surface area (Å²) in [6.07, 6.45) is 5.82. The van der Waals surface area contributed by atoms with Gasteiger partial charge in [-0.1, -0.05) is 36.0 Å². The molecule has 0 unspecified atom stereocenters. The van der Waals surface area contributed by atoms with E-state index in [4.69, 9.17) is 23.2 Å². The standard InChI is InChI=1S/C20H30Cl2N2OS2/c1-23(2)11-6-12-24(3)20(25)14-26-17-7-4-5-8-18(17)27-19-13-15(21)9-10-16(19)22/h9-10,13,17-18H,4-8,11-12,14H2,1-3H3/t17-,18-/m1/s1. The molecule has 0 saturated heterocycles. The van der Waals surface area contributed by atoms with Gasteiger partial charge in [-0.3, -0.25) is 4.79 Å². The first-order valence-corrected chi connectivity index (χ1v) is 12.2. The van der Waals surface area contributed by atoms with Gasteiger partial charge in [-0.25, -0.2) is 0 Å². The Hall–Kier alpha value is -0.0700. The van der Waals surface area contributed by atoms with Gasteiger partial charge in [0, 0.05) is 34.0 Å². The number of carbonyl (C=O) groups is 1. The lowest BCUT2D eigenvalue weighted by molar-refractivity contribution is -0.127. The number of hydrogen-bond acceptors (Lipinski definition) is 4. The summed E-state index contributed by atoms with van der Waals surface area (Å²) in [5.41, 5.74) is 0. The summed E-state index contributed by atoms with van der Waals surface area (Å²) in [4.78, 5) is 17.5. The number of halogens is 2. The summed E-state index contributed by atoms with van der Waals surface area (Å²) in [5.74, 6) is 0.789. The van der Waals surface area contributed by atoms with Crippen molar-refractivity contribution in [1.82, 2.24) is 9.80 Å². The van der Waals surface area contributed by atoms with Crippen LogP contribution in [0.2, 0.25) is 10.0 Å². The van der Waals surface area contributed by atoms with Crippen molar-refractivity contribution < 1.29 is 4.79 Å². The van der Waals surface area contributed by atoms with Gasteiger partial charge < -0.3 is 9.80 Å². The normalized spacial score (nSPS) is 20.1. The summed E-state index contributed by atoms with van der Waals surface area (Å²) < 4.78 is 0. The van der Waals surface area contributed by atoms with Crippen molar-refractivity contribution in [3.8, 4) is 0 Å². The lowest BCUT2D eigenvalue weighted by Gasteiger charge is -2.31. The fourth-order valence-corrected chi connectivity index (χ4v) is 6.58. The first kappa shape index (κ1) is 23.2. The predicted molar refractivity (Wildman–Crippen MR) is 122 cm³/mol. The van der Waals surface area contributed by atoms with Crippen LogP contribution >= 0.6 is 46.7 Å². The second-order valence-corrected chi connectivity index (χ2v) is 10.7. The van der Waals surface area contributed by atoms with E-state index in [1.807, 2.05) is 53.7 Å². The highest BCUT2D eigenvalue weighted by molar-refractivity contribution is 8.04. The van der Waals surface area contributed by atoms with Crippen LogP contribution in [-0.2, 0) is 4.79 Å². The maximum absolute atomic E-state index is 12.5. The molecule has 1 aliphatic carbocycles. The average molecular weight is 450 g/mol. The molecule has 1 saturated carbocycles. The molecule has 1 aliphatic rings. The topological polar surface area (TPSA) is 23.6 Å². The molecule has 1 amide bonds. The van der Waals surface area contributed by atoms with Crippen molar-refractivity contribution in [3.63, 3.8) is 0 Å².